The molecule has 0 bridgehead atoms. The molecule has 0 radical (unpaired) electrons. The summed E-state index contributed by atoms with van der Waals surface area (Å²) in [7, 11) is 0. The van der Waals surface area contributed by atoms with Gasteiger partial charge in [0.2, 0.25) is 0 Å². The van der Waals surface area contributed by atoms with Crippen LogP contribution in [0, 0.1) is 0 Å². The highest BCUT2D eigenvalue weighted by molar-refractivity contribution is 5.96. The van der Waals surface area contributed by atoms with Gasteiger partial charge < -0.3 is 32.2 Å². The maximum Gasteiger partial charge on any atom is 0.405 e. The van der Waals surface area contributed by atoms with Crippen LogP contribution in [0.3, 0.4) is 0 Å². The van der Waals surface area contributed by atoms with E-state index in [1.54, 1.807) is 0 Å². The van der Waals surface area contributed by atoms with Crippen molar-refractivity contribution in [1.29, 1.82) is 0 Å². The van der Waals surface area contributed by atoms with E-state index in [-0.39, 0.29) is 17.6 Å². The Balaban J connectivity index is 2.15. The lowest BCUT2D eigenvalue weighted by atomic mass is 10.1. The number of carbonyl (C=O) groups is 3. The van der Waals surface area contributed by atoms with E-state index in [4.69, 9.17) is 11.5 Å². The number of rotatable bonds is 11. The summed E-state index contributed by atoms with van der Waals surface area (Å²) in [6.45, 7) is 7.66. The number of hydrogen-bond donors (Lipinski definition) is 5. The van der Waals surface area contributed by atoms with Gasteiger partial charge in [0.1, 0.15) is 5.82 Å². The summed E-state index contributed by atoms with van der Waals surface area (Å²) < 4.78 is 4.64. The molecule has 0 saturated carbocycles. The molecule has 0 fully saturated rings. The molecule has 178 valence electrons. The van der Waals surface area contributed by atoms with Gasteiger partial charge in [0.15, 0.2) is 17.6 Å². The lowest BCUT2D eigenvalue weighted by Crippen LogP contribution is -2.37. The maximum atomic E-state index is 12.0. The van der Waals surface area contributed by atoms with E-state index in [1.807, 2.05) is 45.0 Å². The molecule has 11 nitrogen and oxygen atoms in total. The number of aryl methyl sites for hydroxylation is 1. The van der Waals surface area contributed by atoms with Crippen molar-refractivity contribution in [3.63, 3.8) is 0 Å². The molecule has 11 heteroatoms. The van der Waals surface area contributed by atoms with E-state index in [0.717, 1.165) is 5.56 Å². The van der Waals surface area contributed by atoms with E-state index >= 15 is 0 Å². The number of ether oxygens (including phenoxy) is 1. The fraction of sp³-hybridized carbons (Fsp3) is 0.409. The molecule has 1 heterocycles. The SMILES string of the molecule is CCc1nc(C(N)=O)c(Nc2cccc(CCNC(=O)[C@H](C)OC(N)=O)c2)nc1NC(C)C. The largest absolute Gasteiger partial charge is 0.437 e. The van der Waals surface area contributed by atoms with Crippen LogP contribution in [-0.4, -0.2) is 46.6 Å². The zero-order chi connectivity index (χ0) is 24.5. The molecule has 7 N–H and O–H groups in total. The molecule has 3 amide bonds. The Labute approximate surface area is 192 Å². The number of amides is 3. The number of benzene rings is 1. The summed E-state index contributed by atoms with van der Waals surface area (Å²) in [5.41, 5.74) is 12.8. The average molecular weight is 458 g/mol. The minimum atomic E-state index is -1.01. The summed E-state index contributed by atoms with van der Waals surface area (Å²) in [4.78, 5) is 43.6. The van der Waals surface area contributed by atoms with Crippen LogP contribution >= 0.6 is 0 Å². The van der Waals surface area contributed by atoms with Gasteiger partial charge in [0.05, 0.1) is 5.69 Å². The van der Waals surface area contributed by atoms with Crippen molar-refractivity contribution < 1.29 is 19.1 Å². The number of aromatic nitrogens is 2. The second-order valence-electron chi connectivity index (χ2n) is 7.68. The van der Waals surface area contributed by atoms with Crippen LogP contribution < -0.4 is 27.4 Å². The topological polar surface area (TPSA) is 174 Å². The third kappa shape index (κ3) is 7.63. The number of nitrogens with two attached hydrogens (primary N) is 2. The molecular weight excluding hydrogens is 426 g/mol. The minimum absolute atomic E-state index is 0.0576. The van der Waals surface area contributed by atoms with Gasteiger partial charge in [-0.05, 0) is 51.3 Å². The molecule has 33 heavy (non-hydrogen) atoms. The van der Waals surface area contributed by atoms with Gasteiger partial charge in [0.25, 0.3) is 11.8 Å². The Morgan fingerprint density at radius 1 is 1.09 bits per heavy atom. The van der Waals surface area contributed by atoms with E-state index in [1.165, 1.54) is 6.92 Å². The highest BCUT2D eigenvalue weighted by atomic mass is 16.6. The van der Waals surface area contributed by atoms with Crippen molar-refractivity contribution in [2.24, 2.45) is 11.5 Å². The molecule has 0 spiro atoms. The van der Waals surface area contributed by atoms with Crippen molar-refractivity contribution in [2.45, 2.75) is 52.7 Å². The van der Waals surface area contributed by atoms with Gasteiger partial charge in [-0.3, -0.25) is 9.59 Å². The Kier molecular flexibility index (Phi) is 8.96. The number of carbonyl (C=O) groups excluding carboxylic acids is 3. The van der Waals surface area contributed by atoms with Crippen molar-refractivity contribution in [3.05, 3.63) is 41.2 Å². The highest BCUT2D eigenvalue weighted by Crippen LogP contribution is 2.23. The van der Waals surface area contributed by atoms with Crippen molar-refractivity contribution >= 4 is 35.2 Å². The fourth-order valence-corrected chi connectivity index (χ4v) is 3.01. The summed E-state index contributed by atoms with van der Waals surface area (Å²) in [6, 6.07) is 7.55. The number of nitrogens with one attached hydrogen (secondary N) is 3. The second kappa shape index (κ2) is 11.7. The first kappa shape index (κ1) is 25.4. The number of primary amides is 2. The molecule has 0 aliphatic rings. The lowest BCUT2D eigenvalue weighted by molar-refractivity contribution is -0.128. The highest BCUT2D eigenvalue weighted by Gasteiger charge is 2.18. The molecule has 0 saturated heterocycles. The second-order valence-corrected chi connectivity index (χ2v) is 7.68. The Bertz CT molecular complexity index is 1010. The lowest BCUT2D eigenvalue weighted by Gasteiger charge is -2.17. The number of anilines is 3. The van der Waals surface area contributed by atoms with Crippen molar-refractivity contribution in [1.82, 2.24) is 15.3 Å². The summed E-state index contributed by atoms with van der Waals surface area (Å²) in [5, 5.41) is 9.05. The molecule has 0 unspecified atom stereocenters. The van der Waals surface area contributed by atoms with E-state index in [2.05, 4.69) is 30.7 Å². The van der Waals surface area contributed by atoms with Gasteiger partial charge in [-0.1, -0.05) is 19.1 Å². The minimum Gasteiger partial charge on any atom is -0.437 e. The fourth-order valence-electron chi connectivity index (χ4n) is 3.01. The summed E-state index contributed by atoms with van der Waals surface area (Å²) in [5.74, 6) is -0.274. The smallest absolute Gasteiger partial charge is 0.405 e. The Morgan fingerprint density at radius 3 is 2.42 bits per heavy atom. The summed E-state index contributed by atoms with van der Waals surface area (Å²) >= 11 is 0. The third-order valence-corrected chi connectivity index (χ3v) is 4.53. The van der Waals surface area contributed by atoms with Gasteiger partial charge in [-0.25, -0.2) is 14.8 Å². The Morgan fingerprint density at radius 2 is 1.82 bits per heavy atom. The predicted molar refractivity (Wildman–Crippen MR) is 125 cm³/mol. The number of hydrogen-bond acceptors (Lipinski definition) is 8. The van der Waals surface area contributed by atoms with Crippen LogP contribution in [0.15, 0.2) is 24.3 Å². The first-order valence-corrected chi connectivity index (χ1v) is 10.7. The van der Waals surface area contributed by atoms with Crippen molar-refractivity contribution in [2.75, 3.05) is 17.2 Å². The third-order valence-electron chi connectivity index (χ3n) is 4.53. The van der Waals surface area contributed by atoms with Crippen LogP contribution in [-0.2, 0) is 22.4 Å². The molecule has 2 aromatic rings. The monoisotopic (exact) mass is 457 g/mol. The van der Waals surface area contributed by atoms with E-state index in [0.29, 0.717) is 36.6 Å². The molecule has 1 atom stereocenters. The molecular formula is C22H31N7O4. The number of nitrogens with zero attached hydrogens (tertiary/aromatic N) is 2. The van der Waals surface area contributed by atoms with Gasteiger partial charge in [-0.2, -0.15) is 0 Å². The zero-order valence-electron chi connectivity index (χ0n) is 19.3. The standard InChI is InChI=1S/C22H31N7O4/c1-5-16-19(26-12(2)3)29-20(17(28-16)18(23)30)27-15-8-6-7-14(11-15)9-10-25-21(31)13(4)33-22(24)32/h6-8,11-13H,5,9-10H2,1-4H3,(H2,23,30)(H2,24,32)(H,25,31)(H2,26,27,29)/t13-/m0/s1. The van der Waals surface area contributed by atoms with Gasteiger partial charge in [-0.15, -0.1) is 0 Å². The molecule has 1 aromatic heterocycles. The van der Waals surface area contributed by atoms with Crippen LogP contribution in [0.5, 0.6) is 0 Å². The average Bonchev–Trinajstić information content (AvgIpc) is 2.73. The van der Waals surface area contributed by atoms with Crippen LogP contribution in [0.25, 0.3) is 0 Å². The zero-order valence-corrected chi connectivity index (χ0v) is 19.3. The normalized spacial score (nSPS) is 11.5. The quantitative estimate of drug-likeness (QED) is 0.340. The molecule has 1 aromatic carbocycles. The van der Waals surface area contributed by atoms with Gasteiger partial charge in [0, 0.05) is 18.3 Å². The first-order valence-electron chi connectivity index (χ1n) is 10.7. The van der Waals surface area contributed by atoms with Gasteiger partial charge >= 0.3 is 6.09 Å². The Hall–Kier alpha value is -3.89. The molecule has 0 aliphatic heterocycles. The predicted octanol–water partition coefficient (Wildman–Crippen LogP) is 1.84. The van der Waals surface area contributed by atoms with Crippen LogP contribution in [0.4, 0.5) is 22.1 Å². The van der Waals surface area contributed by atoms with E-state index in [9.17, 15) is 14.4 Å². The summed E-state index contributed by atoms with van der Waals surface area (Å²) in [6.07, 6.45) is -0.865. The van der Waals surface area contributed by atoms with E-state index < -0.39 is 24.0 Å². The maximum absolute atomic E-state index is 12.0. The van der Waals surface area contributed by atoms with Crippen LogP contribution in [0.2, 0.25) is 0 Å². The first-order chi connectivity index (χ1) is 15.6. The van der Waals surface area contributed by atoms with Crippen molar-refractivity contribution in [3.8, 4) is 0 Å². The van der Waals surface area contributed by atoms with Crippen LogP contribution in [0.1, 0.15) is 49.4 Å². The molecule has 0 aliphatic carbocycles. The molecule has 2 rings (SSSR count).